The maximum atomic E-state index is 12.2. The number of hydrogen-bond acceptors (Lipinski definition) is 11. The molecule has 0 aromatic rings. The number of carbonyl (C=O) groups is 2. The molecule has 216 valence electrons. The summed E-state index contributed by atoms with van der Waals surface area (Å²) >= 11 is 3.37. The van der Waals surface area contributed by atoms with E-state index in [-0.39, 0.29) is 36.9 Å². The van der Waals surface area contributed by atoms with Gasteiger partial charge in [0.1, 0.15) is 59.6 Å². The lowest BCUT2D eigenvalue weighted by Gasteiger charge is -2.42. The fraction of sp³-hybridized carbons (Fsp3) is 0.909. The Balaban J connectivity index is 1.64. The van der Waals surface area contributed by atoms with E-state index in [4.69, 9.17) is 25.1 Å². The van der Waals surface area contributed by atoms with Crippen LogP contribution >= 0.6 is 23.0 Å². The number of halogens is 2. The maximum Gasteiger partial charge on any atom is 0.458 e. The zero-order valence-electron chi connectivity index (χ0n) is 21.0. The van der Waals surface area contributed by atoms with E-state index >= 15 is 0 Å². The molecule has 5 N–H and O–H groups in total. The first kappa shape index (κ1) is 33.2. The Morgan fingerprint density at radius 1 is 1.05 bits per heavy atom. The van der Waals surface area contributed by atoms with Crippen LogP contribution in [-0.4, -0.2) is 116 Å². The second kappa shape index (κ2) is 17.7. The molecule has 2 amide bonds. The summed E-state index contributed by atoms with van der Waals surface area (Å²) in [6, 6.07) is -0.983. The van der Waals surface area contributed by atoms with E-state index in [1.165, 1.54) is 6.92 Å². The number of aliphatic hydroxyl groups is 3. The van der Waals surface area contributed by atoms with E-state index < -0.39 is 43.2 Å². The predicted molar refractivity (Wildman–Crippen MR) is 133 cm³/mol. The molecule has 37 heavy (non-hydrogen) atoms. The van der Waals surface area contributed by atoms with Crippen molar-refractivity contribution in [3.8, 4) is 0 Å². The minimum Gasteiger partial charge on any atom is -0.394 e. The standard InChI is InChI=1S/C22H38I2N2O11/c1-12(28)26-17-19(31)18(30)14(10-27)36-22(17)33-9-4-3-7-16(29)25-8-5-6-13-20(32-2)21(37-24)15(35-13)11-34-23/h13-15,17-22,24,27,30-31H,3-11H2,1-2H3,(H-,25,26,28,29)/p+1/t13-,14?,15+,17?,18?,19?,20-,21+,22?/m0/s1. The second-order valence-electron chi connectivity index (χ2n) is 9.00. The van der Waals surface area contributed by atoms with Crippen molar-refractivity contribution in [3.63, 3.8) is 0 Å². The van der Waals surface area contributed by atoms with Gasteiger partial charge in [-0.3, -0.25) is 9.59 Å². The predicted octanol–water partition coefficient (Wildman–Crippen LogP) is -4.25. The third-order valence-corrected chi connectivity index (χ3v) is 7.33. The van der Waals surface area contributed by atoms with Gasteiger partial charge < -0.3 is 48.0 Å². The first-order chi connectivity index (χ1) is 17.8. The summed E-state index contributed by atoms with van der Waals surface area (Å²) in [5, 5.41) is 35.1. The summed E-state index contributed by atoms with van der Waals surface area (Å²) in [6.07, 6.45) is -2.71. The van der Waals surface area contributed by atoms with Crippen molar-refractivity contribution >= 4 is 34.8 Å². The molecule has 2 aliphatic heterocycles. The van der Waals surface area contributed by atoms with Crippen molar-refractivity contribution in [2.75, 3.05) is 33.5 Å². The summed E-state index contributed by atoms with van der Waals surface area (Å²) < 4.78 is 33.5. The Hall–Kier alpha value is 0.0400. The smallest absolute Gasteiger partial charge is 0.394 e. The molecule has 2 heterocycles. The van der Waals surface area contributed by atoms with E-state index in [1.54, 1.807) is 30.1 Å². The van der Waals surface area contributed by atoms with Gasteiger partial charge in [-0.05, 0) is 25.7 Å². The summed E-state index contributed by atoms with van der Waals surface area (Å²) in [5.41, 5.74) is 0. The summed E-state index contributed by atoms with van der Waals surface area (Å²) in [7, 11) is 1.63. The van der Waals surface area contributed by atoms with Crippen LogP contribution in [0.25, 0.3) is 0 Å². The molecule has 0 bridgehead atoms. The monoisotopic (exact) mass is 761 g/mol. The molecule has 2 aliphatic rings. The van der Waals surface area contributed by atoms with Crippen LogP contribution in [0.4, 0.5) is 0 Å². The van der Waals surface area contributed by atoms with Crippen LogP contribution in [0.15, 0.2) is 0 Å². The molecule has 9 atom stereocenters. The van der Waals surface area contributed by atoms with Gasteiger partial charge in [0, 0.05) is 33.6 Å². The van der Waals surface area contributed by atoms with Crippen molar-refractivity contribution in [2.24, 2.45) is 0 Å². The van der Waals surface area contributed by atoms with Gasteiger partial charge in [0.25, 0.3) is 0 Å². The fourth-order valence-electron chi connectivity index (χ4n) is 4.45. The molecule has 5 unspecified atom stereocenters. The lowest BCUT2D eigenvalue weighted by molar-refractivity contribution is -0.706. The average Bonchev–Trinajstić information content (AvgIpc) is 3.21. The molecule has 2 fully saturated rings. The van der Waals surface area contributed by atoms with Gasteiger partial charge >= 0.3 is 23.0 Å². The van der Waals surface area contributed by atoms with Crippen molar-refractivity contribution in [2.45, 2.75) is 94.1 Å². The van der Waals surface area contributed by atoms with Crippen LogP contribution in [0.5, 0.6) is 0 Å². The third kappa shape index (κ3) is 10.2. The highest BCUT2D eigenvalue weighted by molar-refractivity contribution is 14.1. The minimum atomic E-state index is -1.36. The van der Waals surface area contributed by atoms with Gasteiger partial charge in [-0.25, -0.2) is 0 Å². The normalized spacial score (nSPS) is 33.9. The van der Waals surface area contributed by atoms with Crippen molar-refractivity contribution in [1.29, 1.82) is 0 Å². The van der Waals surface area contributed by atoms with Crippen molar-refractivity contribution in [1.82, 2.24) is 10.6 Å². The topological polar surface area (TPSA) is 174 Å². The van der Waals surface area contributed by atoms with Gasteiger partial charge in [-0.1, -0.05) is 0 Å². The number of hydrogen-bond donors (Lipinski definition) is 5. The lowest BCUT2D eigenvalue weighted by atomic mass is 9.97. The van der Waals surface area contributed by atoms with E-state index in [1.807, 2.05) is 23.0 Å². The van der Waals surface area contributed by atoms with Crippen LogP contribution in [0.1, 0.15) is 39.0 Å². The molecule has 0 radical (unpaired) electrons. The van der Waals surface area contributed by atoms with E-state index in [0.717, 1.165) is 6.42 Å². The number of aliphatic hydroxyl groups excluding tert-OH is 3. The molecular weight excluding hydrogens is 722 g/mol. The summed E-state index contributed by atoms with van der Waals surface area (Å²) in [4.78, 5) is 23.7. The average molecular weight is 761 g/mol. The molecule has 0 aromatic carbocycles. The first-order valence-corrected chi connectivity index (χ1v) is 14.1. The highest BCUT2D eigenvalue weighted by Gasteiger charge is 2.48. The number of ether oxygens (including phenoxy) is 4. The fourth-order valence-corrected chi connectivity index (χ4v) is 5.47. The summed E-state index contributed by atoms with van der Waals surface area (Å²) in [6.45, 7) is 1.88. The highest BCUT2D eigenvalue weighted by Crippen LogP contribution is 2.28. The summed E-state index contributed by atoms with van der Waals surface area (Å²) in [5.74, 6) is -0.496. The van der Waals surface area contributed by atoms with Gasteiger partial charge in [-0.15, -0.1) is 3.07 Å². The van der Waals surface area contributed by atoms with E-state index in [2.05, 4.69) is 10.6 Å². The third-order valence-electron chi connectivity index (χ3n) is 6.34. The van der Waals surface area contributed by atoms with Gasteiger partial charge in [0.05, 0.1) is 19.3 Å². The minimum absolute atomic E-state index is 0.0778. The Labute approximate surface area is 245 Å². The molecular formula is C22H39I2N2O11+. The number of rotatable bonds is 16. The van der Waals surface area contributed by atoms with Crippen LogP contribution < -0.4 is 33.6 Å². The van der Waals surface area contributed by atoms with Gasteiger partial charge in [0.15, 0.2) is 12.4 Å². The largest absolute Gasteiger partial charge is 0.458 e. The van der Waals surface area contributed by atoms with E-state index in [0.29, 0.717) is 38.8 Å². The zero-order chi connectivity index (χ0) is 27.4. The SMILES string of the molecule is CO[C@@H]1[C@H](O[IH+])[C@@H](COI)O[C@H]1CCCNC(=O)CCCCOC1OC(CO)C(O)C(O)C1NC(C)=O. The Morgan fingerprint density at radius 3 is 2.43 bits per heavy atom. The molecule has 0 saturated carbocycles. The lowest BCUT2D eigenvalue weighted by Crippen LogP contribution is -3.35. The Morgan fingerprint density at radius 2 is 1.81 bits per heavy atom. The highest BCUT2D eigenvalue weighted by atomic mass is 127. The van der Waals surface area contributed by atoms with Gasteiger partial charge in [-0.2, -0.15) is 0 Å². The zero-order valence-corrected chi connectivity index (χ0v) is 25.4. The second-order valence-corrected chi connectivity index (χ2v) is 10.2. The number of unbranched alkanes of at least 4 members (excludes halogenated alkanes) is 1. The molecule has 0 spiro atoms. The van der Waals surface area contributed by atoms with Crippen LogP contribution in [-0.2, 0) is 34.7 Å². The number of amides is 2. The number of nitrogens with one attached hydrogen (secondary N) is 2. The molecule has 2 saturated heterocycles. The van der Waals surface area contributed by atoms with Crippen LogP contribution in [0.2, 0.25) is 0 Å². The maximum absolute atomic E-state index is 12.2. The van der Waals surface area contributed by atoms with Crippen LogP contribution in [0, 0.1) is 0 Å². The van der Waals surface area contributed by atoms with E-state index in [9.17, 15) is 24.9 Å². The molecule has 13 nitrogen and oxygen atoms in total. The molecule has 15 heteroatoms. The van der Waals surface area contributed by atoms with Crippen molar-refractivity contribution in [3.05, 3.63) is 0 Å². The molecule has 0 aromatic heterocycles. The first-order valence-electron chi connectivity index (χ1n) is 12.3. The number of methoxy groups -OCH3 is 1. The van der Waals surface area contributed by atoms with Crippen LogP contribution in [0.3, 0.4) is 0 Å². The quantitative estimate of drug-likeness (QED) is 0.0762. The number of carbonyl (C=O) groups excluding carboxylic acids is 2. The Bertz CT molecular complexity index is 695. The molecule has 0 aliphatic carbocycles. The van der Waals surface area contributed by atoms with Crippen molar-refractivity contribution < 1.29 is 73.0 Å². The Kier molecular flexibility index (Phi) is 15.9. The molecule has 2 rings (SSSR count). The van der Waals surface area contributed by atoms with Gasteiger partial charge in [0.2, 0.25) is 11.8 Å².